The summed E-state index contributed by atoms with van der Waals surface area (Å²) in [5.74, 6) is 0.539. The number of rotatable bonds is 4. The predicted molar refractivity (Wildman–Crippen MR) is 129 cm³/mol. The number of fused-ring (bicyclic) bond motifs is 1. The molecule has 0 bridgehead atoms. The highest BCUT2D eigenvalue weighted by Gasteiger charge is 2.26. The lowest BCUT2D eigenvalue weighted by Crippen LogP contribution is -2.49. The molecule has 0 spiro atoms. The Morgan fingerprint density at radius 3 is 2.30 bits per heavy atom. The quantitative estimate of drug-likeness (QED) is 0.582. The fourth-order valence-electron chi connectivity index (χ4n) is 4.44. The zero-order valence-electron chi connectivity index (χ0n) is 18.8. The number of hydrogen-bond donors (Lipinski definition) is 0. The molecule has 0 atom stereocenters. The normalized spacial score (nSPS) is 17.3. The van der Waals surface area contributed by atoms with Crippen LogP contribution in [-0.2, 0) is 0 Å². The monoisotopic (exact) mass is 468 g/mol. The van der Waals surface area contributed by atoms with E-state index in [0.717, 1.165) is 42.5 Å². The molecule has 174 valence electrons. The Labute approximate surface area is 196 Å². The fraction of sp³-hybridized carbons (Fsp3) is 0.478. The van der Waals surface area contributed by atoms with Crippen LogP contribution >= 0.6 is 11.3 Å². The van der Waals surface area contributed by atoms with Crippen molar-refractivity contribution in [3.05, 3.63) is 46.4 Å². The summed E-state index contributed by atoms with van der Waals surface area (Å²) in [4.78, 5) is 37.4. The summed E-state index contributed by atoms with van der Waals surface area (Å²) in [6.07, 6.45) is 6.13. The second-order valence-corrected chi connectivity index (χ2v) is 9.37. The zero-order chi connectivity index (χ0) is 22.8. The summed E-state index contributed by atoms with van der Waals surface area (Å²) >= 11 is 1.41. The average Bonchev–Trinajstić information content (AvgIpc) is 3.11. The Balaban J connectivity index is 1.30. The van der Waals surface area contributed by atoms with Gasteiger partial charge in [0.05, 0.1) is 7.11 Å². The van der Waals surface area contributed by atoms with Gasteiger partial charge in [-0.15, -0.1) is 5.10 Å². The molecule has 2 aliphatic heterocycles. The molecule has 0 radical (unpaired) electrons. The Bertz CT molecular complexity index is 1180. The molecule has 2 aromatic heterocycles. The number of methoxy groups -OCH3 is 1. The van der Waals surface area contributed by atoms with Gasteiger partial charge in [-0.1, -0.05) is 24.2 Å². The topological polar surface area (TPSA) is 83.3 Å². The van der Waals surface area contributed by atoms with Crippen molar-refractivity contribution in [2.24, 2.45) is 0 Å². The number of benzene rings is 1. The lowest BCUT2D eigenvalue weighted by molar-refractivity contribution is 0.0744. The molecule has 4 heterocycles. The summed E-state index contributed by atoms with van der Waals surface area (Å²) < 4.78 is 6.52. The second-order valence-electron chi connectivity index (χ2n) is 8.43. The maximum absolute atomic E-state index is 13.1. The van der Waals surface area contributed by atoms with Crippen molar-refractivity contribution in [3.8, 4) is 5.75 Å². The van der Waals surface area contributed by atoms with Gasteiger partial charge in [0.2, 0.25) is 10.1 Å². The number of anilines is 2. The molecule has 2 aliphatic rings. The molecule has 2 saturated heterocycles. The second kappa shape index (κ2) is 9.38. The largest absolute Gasteiger partial charge is 0.497 e. The third-order valence-electron chi connectivity index (χ3n) is 6.39. The van der Waals surface area contributed by atoms with E-state index >= 15 is 0 Å². The number of piperazine rings is 1. The molecule has 0 saturated carbocycles. The first kappa shape index (κ1) is 21.7. The van der Waals surface area contributed by atoms with Gasteiger partial charge in [0.1, 0.15) is 11.3 Å². The summed E-state index contributed by atoms with van der Waals surface area (Å²) in [5, 5.41) is 5.33. The number of amides is 1. The molecule has 9 nitrogen and oxygen atoms in total. The van der Waals surface area contributed by atoms with E-state index in [-0.39, 0.29) is 17.0 Å². The summed E-state index contributed by atoms with van der Waals surface area (Å²) in [6, 6.07) is 7.90. The number of hydrogen-bond acceptors (Lipinski definition) is 8. The van der Waals surface area contributed by atoms with E-state index in [4.69, 9.17) is 4.74 Å². The highest BCUT2D eigenvalue weighted by Crippen LogP contribution is 2.24. The summed E-state index contributed by atoms with van der Waals surface area (Å²) in [7, 11) is 1.65. The molecule has 3 aromatic rings. The van der Waals surface area contributed by atoms with Gasteiger partial charge in [-0.2, -0.15) is 4.52 Å². The van der Waals surface area contributed by atoms with Crippen LogP contribution in [0, 0.1) is 0 Å². The predicted octanol–water partition coefficient (Wildman–Crippen LogP) is 2.50. The molecule has 2 fully saturated rings. The van der Waals surface area contributed by atoms with Crippen LogP contribution in [0.3, 0.4) is 0 Å². The molecule has 1 amide bonds. The van der Waals surface area contributed by atoms with Crippen molar-refractivity contribution in [1.82, 2.24) is 19.5 Å². The molecular weight excluding hydrogens is 440 g/mol. The summed E-state index contributed by atoms with van der Waals surface area (Å²) in [5.41, 5.74) is 0.785. The van der Waals surface area contributed by atoms with Crippen LogP contribution in [0.4, 0.5) is 10.8 Å². The van der Waals surface area contributed by atoms with Gasteiger partial charge < -0.3 is 19.4 Å². The van der Waals surface area contributed by atoms with E-state index in [9.17, 15) is 9.59 Å². The first-order valence-corrected chi connectivity index (χ1v) is 12.3. The van der Waals surface area contributed by atoms with Crippen LogP contribution < -0.4 is 20.1 Å². The van der Waals surface area contributed by atoms with Crippen LogP contribution in [0.25, 0.3) is 4.96 Å². The molecule has 5 rings (SSSR count). The minimum Gasteiger partial charge on any atom is -0.497 e. The number of ether oxygens (including phenoxy) is 1. The SMILES string of the molecule is COc1ccc(N2CCN(C(=O)c3cnc4sc(N5CCCCCC5)nn4c3=O)CC2)cc1. The maximum Gasteiger partial charge on any atom is 0.288 e. The van der Waals surface area contributed by atoms with Crippen LogP contribution in [0.5, 0.6) is 5.75 Å². The molecule has 1 aromatic carbocycles. The lowest BCUT2D eigenvalue weighted by atomic mass is 10.2. The van der Waals surface area contributed by atoms with Gasteiger partial charge in [0.25, 0.3) is 11.5 Å². The highest BCUT2D eigenvalue weighted by molar-refractivity contribution is 7.20. The fourth-order valence-corrected chi connectivity index (χ4v) is 5.36. The maximum atomic E-state index is 13.1. The van der Waals surface area contributed by atoms with Gasteiger partial charge >= 0.3 is 0 Å². The Morgan fingerprint density at radius 1 is 0.939 bits per heavy atom. The van der Waals surface area contributed by atoms with Crippen molar-refractivity contribution >= 4 is 33.0 Å². The van der Waals surface area contributed by atoms with E-state index in [0.29, 0.717) is 31.1 Å². The number of aromatic nitrogens is 3. The van der Waals surface area contributed by atoms with E-state index < -0.39 is 0 Å². The molecule has 0 aliphatic carbocycles. The first-order valence-electron chi connectivity index (χ1n) is 11.5. The minimum absolute atomic E-state index is 0.0816. The van der Waals surface area contributed by atoms with E-state index in [1.165, 1.54) is 34.9 Å². The zero-order valence-corrected chi connectivity index (χ0v) is 19.6. The molecule has 33 heavy (non-hydrogen) atoms. The van der Waals surface area contributed by atoms with Crippen LogP contribution in [0.1, 0.15) is 36.0 Å². The van der Waals surface area contributed by atoms with Crippen molar-refractivity contribution in [3.63, 3.8) is 0 Å². The molecule has 0 N–H and O–H groups in total. The van der Waals surface area contributed by atoms with Crippen molar-refractivity contribution in [2.45, 2.75) is 25.7 Å². The number of nitrogens with zero attached hydrogens (tertiary/aromatic N) is 6. The lowest BCUT2D eigenvalue weighted by Gasteiger charge is -2.36. The van der Waals surface area contributed by atoms with E-state index in [2.05, 4.69) is 19.9 Å². The van der Waals surface area contributed by atoms with Gasteiger partial charge in [-0.05, 0) is 37.1 Å². The van der Waals surface area contributed by atoms with Crippen molar-refractivity contribution in [2.75, 3.05) is 56.2 Å². The van der Waals surface area contributed by atoms with Gasteiger partial charge in [-0.25, -0.2) is 4.98 Å². The summed E-state index contributed by atoms with van der Waals surface area (Å²) in [6.45, 7) is 4.37. The van der Waals surface area contributed by atoms with E-state index in [1.807, 2.05) is 24.3 Å². The van der Waals surface area contributed by atoms with Crippen LogP contribution in [0.2, 0.25) is 0 Å². The van der Waals surface area contributed by atoms with Crippen LogP contribution in [0.15, 0.2) is 35.3 Å². The molecular formula is C23H28N6O3S. The minimum atomic E-state index is -0.389. The molecule has 10 heteroatoms. The molecule has 0 unspecified atom stereocenters. The van der Waals surface area contributed by atoms with Gasteiger partial charge in [0.15, 0.2) is 0 Å². The van der Waals surface area contributed by atoms with Gasteiger partial charge in [0, 0.05) is 51.2 Å². The van der Waals surface area contributed by atoms with Gasteiger partial charge in [-0.3, -0.25) is 9.59 Å². The van der Waals surface area contributed by atoms with E-state index in [1.54, 1.807) is 12.0 Å². The number of carbonyl (C=O) groups excluding carboxylic acids is 1. The Morgan fingerprint density at radius 2 is 1.64 bits per heavy atom. The Kier molecular flexibility index (Phi) is 6.17. The first-order chi connectivity index (χ1) is 16.1. The smallest absolute Gasteiger partial charge is 0.288 e. The standard InChI is InChI=1S/C23H28N6O3S/c1-32-18-8-6-17(7-9-18)26-12-14-27(15-13-26)20(30)19-16-24-22-29(21(19)31)25-23(33-22)28-10-4-2-3-5-11-28/h6-9,16H,2-5,10-15H2,1H3. The third-order valence-corrected chi connectivity index (χ3v) is 7.37. The Hall–Kier alpha value is -3.14. The average molecular weight is 469 g/mol. The van der Waals surface area contributed by atoms with Crippen molar-refractivity contribution < 1.29 is 9.53 Å². The number of carbonyl (C=O) groups is 1. The van der Waals surface area contributed by atoms with Crippen molar-refractivity contribution in [1.29, 1.82) is 0 Å². The third kappa shape index (κ3) is 4.39. The van der Waals surface area contributed by atoms with Crippen LogP contribution in [-0.4, -0.2) is 71.8 Å². The highest BCUT2D eigenvalue weighted by atomic mass is 32.1.